The van der Waals surface area contributed by atoms with E-state index in [0.29, 0.717) is 12.8 Å². The van der Waals surface area contributed by atoms with Crippen molar-refractivity contribution in [3.63, 3.8) is 0 Å². The average Bonchev–Trinajstić information content (AvgIpc) is 3.50. The molecule has 1 aliphatic rings. The highest BCUT2D eigenvalue weighted by Gasteiger charge is 2.47. The number of allylic oxidation sites excluding steroid dienone is 13. The molecule has 0 saturated carbocycles. The summed E-state index contributed by atoms with van der Waals surface area (Å²) in [5, 5.41) is 56.9. The Morgan fingerprint density at radius 1 is 0.494 bits per heavy atom. The van der Waals surface area contributed by atoms with Crippen LogP contribution in [0.5, 0.6) is 0 Å². The minimum absolute atomic E-state index is 0.114. The summed E-state index contributed by atoms with van der Waals surface area (Å²) in [6.07, 6.45) is 65.2. The zero-order valence-corrected chi connectivity index (χ0v) is 51.9. The van der Waals surface area contributed by atoms with Gasteiger partial charge in [0.05, 0.1) is 25.4 Å². The summed E-state index contributed by atoms with van der Waals surface area (Å²) in [6, 6.07) is -1.06. The molecule has 0 spiro atoms. The molecule has 468 valence electrons. The van der Waals surface area contributed by atoms with E-state index in [4.69, 9.17) is 14.2 Å². The molecule has 1 amide bonds. The molecule has 1 aliphatic heterocycles. The van der Waals surface area contributed by atoms with Crippen molar-refractivity contribution in [3.05, 3.63) is 85.1 Å². The number of esters is 1. The lowest BCUT2D eigenvalue weighted by Crippen LogP contribution is -2.61. The number of hydrogen-bond donors (Lipinski definition) is 6. The molecule has 6 N–H and O–H groups in total. The third-order valence-electron chi connectivity index (χ3n) is 15.4. The fourth-order valence-electron chi connectivity index (χ4n) is 10.1. The van der Waals surface area contributed by atoms with Crippen molar-refractivity contribution in [1.82, 2.24) is 5.32 Å². The number of hydrogen-bond acceptors (Lipinski definition) is 10. The third-order valence-corrected chi connectivity index (χ3v) is 15.4. The number of unbranched alkanes of at least 4 members (excludes halogenated alkanes) is 34. The van der Waals surface area contributed by atoms with Crippen LogP contribution in [0.1, 0.15) is 284 Å². The van der Waals surface area contributed by atoms with Crippen molar-refractivity contribution in [1.29, 1.82) is 0 Å². The molecule has 0 aromatic carbocycles. The molecule has 0 bridgehead atoms. The molecule has 0 aromatic rings. The van der Waals surface area contributed by atoms with Crippen LogP contribution in [-0.4, -0.2) is 99.6 Å². The first-order valence-electron chi connectivity index (χ1n) is 33.4. The van der Waals surface area contributed by atoms with Crippen LogP contribution in [0.4, 0.5) is 0 Å². The lowest BCUT2D eigenvalue weighted by Gasteiger charge is -2.41. The molecule has 1 fully saturated rings. The summed E-state index contributed by atoms with van der Waals surface area (Å²) in [4.78, 5) is 26.5. The second-order valence-electron chi connectivity index (χ2n) is 22.9. The molecule has 1 rings (SSSR count). The Balaban J connectivity index is 2.56. The number of nitrogens with one attached hydrogen (secondary N) is 1. The quantitative estimate of drug-likeness (QED) is 0.0149. The maximum absolute atomic E-state index is 13.4. The summed E-state index contributed by atoms with van der Waals surface area (Å²) >= 11 is 0. The molecule has 8 unspecified atom stereocenters. The van der Waals surface area contributed by atoms with E-state index < -0.39 is 67.4 Å². The molecule has 1 saturated heterocycles. The zero-order valence-electron chi connectivity index (χ0n) is 51.9. The van der Waals surface area contributed by atoms with Crippen LogP contribution in [0.25, 0.3) is 0 Å². The van der Waals surface area contributed by atoms with E-state index >= 15 is 0 Å². The van der Waals surface area contributed by atoms with E-state index in [1.165, 1.54) is 186 Å². The predicted octanol–water partition coefficient (Wildman–Crippen LogP) is 16.5. The lowest BCUT2D eigenvalue weighted by atomic mass is 9.99. The maximum atomic E-state index is 13.4. The molecule has 11 nitrogen and oxygen atoms in total. The second kappa shape index (κ2) is 57.3. The smallest absolute Gasteiger partial charge is 0.306 e. The molecule has 0 aromatic heterocycles. The van der Waals surface area contributed by atoms with Crippen LogP contribution in [0, 0.1) is 0 Å². The first-order chi connectivity index (χ1) is 39.7. The van der Waals surface area contributed by atoms with E-state index in [1.807, 2.05) is 60.8 Å². The van der Waals surface area contributed by atoms with E-state index in [0.717, 1.165) is 51.4 Å². The van der Waals surface area contributed by atoms with Gasteiger partial charge in [-0.1, -0.05) is 298 Å². The largest absolute Gasteiger partial charge is 0.454 e. The highest BCUT2D eigenvalue weighted by atomic mass is 16.7. The summed E-state index contributed by atoms with van der Waals surface area (Å²) < 4.78 is 17.6. The van der Waals surface area contributed by atoms with Gasteiger partial charge in [-0.3, -0.25) is 9.59 Å². The second-order valence-corrected chi connectivity index (χ2v) is 22.9. The number of rotatable bonds is 56. The molecular weight excluding hydrogens is 1010 g/mol. The number of carbonyl (C=O) groups is 2. The van der Waals surface area contributed by atoms with Crippen LogP contribution < -0.4 is 5.32 Å². The van der Waals surface area contributed by atoms with E-state index in [9.17, 15) is 35.1 Å². The molecule has 0 aliphatic carbocycles. The topological polar surface area (TPSA) is 175 Å². The van der Waals surface area contributed by atoms with Crippen molar-refractivity contribution in [2.45, 2.75) is 333 Å². The Kier molecular flexibility index (Phi) is 53.6. The first-order valence-corrected chi connectivity index (χ1v) is 33.4. The number of aliphatic hydroxyl groups is 5. The fraction of sp³-hybridized carbons (Fsp3) is 0.771. The molecule has 0 radical (unpaired) electrons. The van der Waals surface area contributed by atoms with Gasteiger partial charge in [0, 0.05) is 6.42 Å². The Bertz CT molecular complexity index is 1640. The van der Waals surface area contributed by atoms with Crippen LogP contribution >= 0.6 is 0 Å². The van der Waals surface area contributed by atoms with Gasteiger partial charge in [0.1, 0.15) is 24.4 Å². The fourth-order valence-corrected chi connectivity index (χ4v) is 10.1. The third kappa shape index (κ3) is 45.0. The zero-order chi connectivity index (χ0) is 58.9. The molecular formula is C70H123NO10. The number of ether oxygens (including phenoxy) is 3. The van der Waals surface area contributed by atoms with Crippen LogP contribution in [0.15, 0.2) is 85.1 Å². The van der Waals surface area contributed by atoms with Crippen molar-refractivity contribution in [2.24, 2.45) is 0 Å². The summed E-state index contributed by atoms with van der Waals surface area (Å²) in [6.45, 7) is 5.61. The number of aliphatic hydroxyl groups excluding tert-OH is 5. The van der Waals surface area contributed by atoms with Gasteiger partial charge in [0.2, 0.25) is 5.91 Å². The Morgan fingerprint density at radius 2 is 0.901 bits per heavy atom. The van der Waals surface area contributed by atoms with Crippen molar-refractivity contribution >= 4 is 11.9 Å². The van der Waals surface area contributed by atoms with Crippen LogP contribution in [0.2, 0.25) is 0 Å². The highest BCUT2D eigenvalue weighted by Crippen LogP contribution is 2.26. The summed E-state index contributed by atoms with van der Waals surface area (Å²) in [7, 11) is 0. The predicted molar refractivity (Wildman–Crippen MR) is 338 cm³/mol. The number of amides is 1. The summed E-state index contributed by atoms with van der Waals surface area (Å²) in [5.74, 6) is -1.27. The van der Waals surface area contributed by atoms with E-state index in [-0.39, 0.29) is 19.4 Å². The lowest BCUT2D eigenvalue weighted by molar-refractivity contribution is -0.305. The van der Waals surface area contributed by atoms with Gasteiger partial charge in [0.25, 0.3) is 0 Å². The normalized spacial score (nSPS) is 19.2. The Labute approximate surface area is 495 Å². The highest BCUT2D eigenvalue weighted by molar-refractivity contribution is 5.80. The van der Waals surface area contributed by atoms with Crippen LogP contribution in [0.3, 0.4) is 0 Å². The van der Waals surface area contributed by atoms with Crippen LogP contribution in [-0.2, 0) is 23.8 Å². The summed E-state index contributed by atoms with van der Waals surface area (Å²) in [5.41, 5.74) is 0. The molecule has 8 atom stereocenters. The standard InChI is InChI=1S/C70H123NO10/c1-4-7-10-13-16-19-22-25-26-27-28-29-30-31-32-33-34-35-36-37-38-40-43-46-49-52-55-58-65(75)81-68-67(77)66(76)64(59-72)80-70(68)79-60-61(62(73)56-53-50-47-44-42-39-23-20-17-14-11-8-5-2)71-69(78)63(74)57-54-51-48-45-41-24-21-18-15-12-9-6-3/h9,12,15,18,21,24-26,41,45,48,51,53,56,61-64,66-68,70,72-74,76-77H,4-8,10-11,13-14,16-17,19-20,22-23,27-40,42-44,46-47,49-50,52,54-55,57-60H2,1-3H3,(H,71,78)/b12-9+,18-15+,24-21-,26-25+,45-41-,51-48+,56-53+. The van der Waals surface area contributed by atoms with E-state index in [1.54, 1.807) is 6.08 Å². The van der Waals surface area contributed by atoms with Gasteiger partial charge in [-0.25, -0.2) is 0 Å². The van der Waals surface area contributed by atoms with Gasteiger partial charge in [0.15, 0.2) is 12.4 Å². The molecule has 1 heterocycles. The Hall–Kier alpha value is -3.16. The van der Waals surface area contributed by atoms with Gasteiger partial charge >= 0.3 is 5.97 Å². The van der Waals surface area contributed by atoms with Gasteiger partial charge in [-0.15, -0.1) is 0 Å². The van der Waals surface area contributed by atoms with Crippen molar-refractivity contribution < 1.29 is 49.3 Å². The maximum Gasteiger partial charge on any atom is 0.306 e. The monoisotopic (exact) mass is 1140 g/mol. The van der Waals surface area contributed by atoms with E-state index in [2.05, 4.69) is 44.3 Å². The minimum atomic E-state index is -1.63. The SMILES string of the molecule is CC/C=C/C=C/C=C\C=C/C=C/CCC(O)C(=O)NC(COC1OC(CO)C(O)C(O)C1OC(=O)CCCCCCCCCCCCCCCCCCC/C=C/CCCCCCCC)C(O)/C=C/CCCCCCCCCCCCC. The van der Waals surface area contributed by atoms with Gasteiger partial charge in [-0.05, 0) is 64.2 Å². The number of carbonyl (C=O) groups excluding carboxylic acids is 2. The Morgan fingerprint density at radius 3 is 1.35 bits per heavy atom. The van der Waals surface area contributed by atoms with Crippen molar-refractivity contribution in [3.8, 4) is 0 Å². The molecule has 11 heteroatoms. The average molecular weight is 1140 g/mol. The minimum Gasteiger partial charge on any atom is -0.454 e. The van der Waals surface area contributed by atoms with Gasteiger partial charge < -0.3 is 45.1 Å². The molecule has 81 heavy (non-hydrogen) atoms. The van der Waals surface area contributed by atoms with Crippen molar-refractivity contribution in [2.75, 3.05) is 13.2 Å². The van der Waals surface area contributed by atoms with Gasteiger partial charge in [-0.2, -0.15) is 0 Å². The first kappa shape index (κ1) is 75.9.